The molecular formula is C16H19FN2OS. The van der Waals surface area contributed by atoms with Crippen LogP contribution in [0.2, 0.25) is 0 Å². The Morgan fingerprint density at radius 1 is 1.33 bits per heavy atom. The molecule has 0 radical (unpaired) electrons. The number of rotatable bonds is 7. The van der Waals surface area contributed by atoms with Gasteiger partial charge in [-0.05, 0) is 30.7 Å². The molecule has 5 heteroatoms. The fourth-order valence-electron chi connectivity index (χ4n) is 1.90. The van der Waals surface area contributed by atoms with E-state index in [2.05, 4.69) is 17.2 Å². The molecule has 3 nitrogen and oxygen atoms in total. The van der Waals surface area contributed by atoms with E-state index in [1.807, 2.05) is 5.38 Å². The molecule has 0 spiro atoms. The van der Waals surface area contributed by atoms with Gasteiger partial charge in [-0.3, -0.25) is 4.79 Å². The highest BCUT2D eigenvalue weighted by Crippen LogP contribution is 2.23. The minimum atomic E-state index is -0.245. The average Bonchev–Trinajstić information content (AvgIpc) is 2.95. The van der Waals surface area contributed by atoms with Gasteiger partial charge in [0, 0.05) is 30.3 Å². The van der Waals surface area contributed by atoms with Crippen LogP contribution in [-0.2, 0) is 11.2 Å². The zero-order valence-electron chi connectivity index (χ0n) is 12.1. The van der Waals surface area contributed by atoms with Crippen molar-refractivity contribution in [2.45, 2.75) is 32.6 Å². The Kier molecular flexibility index (Phi) is 5.87. The number of amides is 1. The van der Waals surface area contributed by atoms with Gasteiger partial charge in [-0.2, -0.15) is 0 Å². The third-order valence-corrected chi connectivity index (χ3v) is 4.04. The minimum Gasteiger partial charge on any atom is -0.356 e. The highest BCUT2D eigenvalue weighted by molar-refractivity contribution is 7.13. The Bertz CT molecular complexity index is 580. The van der Waals surface area contributed by atoms with Gasteiger partial charge in [0.1, 0.15) is 10.8 Å². The molecule has 2 rings (SSSR count). The summed E-state index contributed by atoms with van der Waals surface area (Å²) in [5.41, 5.74) is 1.87. The first-order chi connectivity index (χ1) is 10.2. The number of thiazole rings is 1. The summed E-state index contributed by atoms with van der Waals surface area (Å²) in [6.45, 7) is 2.68. The molecule has 0 unspecified atom stereocenters. The van der Waals surface area contributed by atoms with E-state index >= 15 is 0 Å². The molecule has 0 bridgehead atoms. The lowest BCUT2D eigenvalue weighted by Gasteiger charge is -2.02. The molecule has 1 heterocycles. The maximum Gasteiger partial charge on any atom is 0.220 e. The molecule has 21 heavy (non-hydrogen) atoms. The maximum atomic E-state index is 12.9. The monoisotopic (exact) mass is 306 g/mol. The molecule has 0 aliphatic rings. The number of hydrogen-bond acceptors (Lipinski definition) is 3. The Hall–Kier alpha value is -1.75. The summed E-state index contributed by atoms with van der Waals surface area (Å²) in [7, 11) is 0. The van der Waals surface area contributed by atoms with Crippen LogP contribution in [0.25, 0.3) is 10.6 Å². The molecule has 0 saturated carbocycles. The molecule has 1 aromatic carbocycles. The van der Waals surface area contributed by atoms with Gasteiger partial charge in [-0.1, -0.05) is 13.3 Å². The number of halogens is 1. The smallest absolute Gasteiger partial charge is 0.220 e. The van der Waals surface area contributed by atoms with Crippen LogP contribution in [0.1, 0.15) is 31.9 Å². The number of unbranched alkanes of at least 4 members (excludes halogenated alkanes) is 1. The summed E-state index contributed by atoms with van der Waals surface area (Å²) >= 11 is 1.53. The highest BCUT2D eigenvalue weighted by atomic mass is 32.1. The van der Waals surface area contributed by atoms with Crippen LogP contribution >= 0.6 is 11.3 Å². The van der Waals surface area contributed by atoms with Crippen LogP contribution in [0.4, 0.5) is 4.39 Å². The average molecular weight is 306 g/mol. The fraction of sp³-hybridized carbons (Fsp3) is 0.375. The fourth-order valence-corrected chi connectivity index (χ4v) is 2.76. The van der Waals surface area contributed by atoms with Crippen molar-refractivity contribution in [2.75, 3.05) is 6.54 Å². The van der Waals surface area contributed by atoms with Gasteiger partial charge < -0.3 is 5.32 Å². The van der Waals surface area contributed by atoms with Gasteiger partial charge in [0.2, 0.25) is 5.91 Å². The van der Waals surface area contributed by atoms with E-state index in [1.54, 1.807) is 12.1 Å². The van der Waals surface area contributed by atoms with Crippen molar-refractivity contribution in [1.29, 1.82) is 0 Å². The Morgan fingerprint density at radius 2 is 2.10 bits per heavy atom. The summed E-state index contributed by atoms with van der Waals surface area (Å²) in [5.74, 6) is -0.142. The Morgan fingerprint density at radius 3 is 2.81 bits per heavy atom. The zero-order valence-corrected chi connectivity index (χ0v) is 12.9. The Balaban J connectivity index is 1.83. The number of hydrogen-bond donors (Lipinski definition) is 1. The second-order valence-electron chi connectivity index (χ2n) is 4.85. The normalized spacial score (nSPS) is 10.6. The first-order valence-corrected chi connectivity index (χ1v) is 8.04. The van der Waals surface area contributed by atoms with Crippen LogP contribution in [0.3, 0.4) is 0 Å². The van der Waals surface area contributed by atoms with Gasteiger partial charge in [-0.25, -0.2) is 9.37 Å². The second-order valence-corrected chi connectivity index (χ2v) is 5.71. The third kappa shape index (κ3) is 4.93. The number of benzene rings is 1. The topological polar surface area (TPSA) is 42.0 Å². The minimum absolute atomic E-state index is 0.103. The first kappa shape index (κ1) is 15.6. The standard InChI is InChI=1S/C16H19FN2OS/c1-2-3-4-15(20)18-10-9-14-11-21-16(19-14)12-5-7-13(17)8-6-12/h5-8,11H,2-4,9-10H2,1H3,(H,18,20). The highest BCUT2D eigenvalue weighted by Gasteiger charge is 2.06. The SMILES string of the molecule is CCCCC(=O)NCCc1csc(-c2ccc(F)cc2)n1. The lowest BCUT2D eigenvalue weighted by Crippen LogP contribution is -2.25. The second kappa shape index (κ2) is 7.88. The predicted molar refractivity (Wildman–Crippen MR) is 83.7 cm³/mol. The molecule has 0 aliphatic heterocycles. The van der Waals surface area contributed by atoms with Crippen LogP contribution in [0, 0.1) is 5.82 Å². The van der Waals surface area contributed by atoms with E-state index in [1.165, 1.54) is 23.5 Å². The molecule has 112 valence electrons. The number of nitrogens with one attached hydrogen (secondary N) is 1. The van der Waals surface area contributed by atoms with Crippen molar-refractivity contribution in [2.24, 2.45) is 0 Å². The molecule has 1 aromatic heterocycles. The third-order valence-electron chi connectivity index (χ3n) is 3.10. The van der Waals surface area contributed by atoms with E-state index in [9.17, 15) is 9.18 Å². The first-order valence-electron chi connectivity index (χ1n) is 7.16. The summed E-state index contributed by atoms with van der Waals surface area (Å²) < 4.78 is 12.9. The predicted octanol–water partition coefficient (Wildman–Crippen LogP) is 3.80. The van der Waals surface area contributed by atoms with Gasteiger partial charge in [-0.15, -0.1) is 11.3 Å². The van der Waals surface area contributed by atoms with Crippen molar-refractivity contribution < 1.29 is 9.18 Å². The number of carbonyl (C=O) groups is 1. The molecule has 0 atom stereocenters. The van der Waals surface area contributed by atoms with E-state index in [-0.39, 0.29) is 11.7 Å². The van der Waals surface area contributed by atoms with Gasteiger partial charge >= 0.3 is 0 Å². The lowest BCUT2D eigenvalue weighted by atomic mass is 10.2. The van der Waals surface area contributed by atoms with Crippen molar-refractivity contribution >= 4 is 17.2 Å². The van der Waals surface area contributed by atoms with E-state index in [4.69, 9.17) is 0 Å². The summed E-state index contributed by atoms with van der Waals surface area (Å²) in [6.07, 6.45) is 3.27. The van der Waals surface area contributed by atoms with E-state index < -0.39 is 0 Å². The number of carbonyl (C=O) groups excluding carboxylic acids is 1. The zero-order chi connectivity index (χ0) is 15.1. The number of nitrogens with zero attached hydrogens (tertiary/aromatic N) is 1. The largest absolute Gasteiger partial charge is 0.356 e. The van der Waals surface area contributed by atoms with Crippen molar-refractivity contribution in [3.63, 3.8) is 0 Å². The Labute approximate surface area is 128 Å². The molecular weight excluding hydrogens is 287 g/mol. The molecule has 0 aliphatic carbocycles. The molecule has 2 aromatic rings. The van der Waals surface area contributed by atoms with Gasteiger partial charge in [0.05, 0.1) is 5.69 Å². The van der Waals surface area contributed by atoms with Crippen LogP contribution in [0.5, 0.6) is 0 Å². The van der Waals surface area contributed by atoms with Crippen molar-refractivity contribution in [1.82, 2.24) is 10.3 Å². The van der Waals surface area contributed by atoms with Crippen molar-refractivity contribution in [3.05, 3.63) is 41.2 Å². The van der Waals surface area contributed by atoms with Crippen LogP contribution < -0.4 is 5.32 Å². The van der Waals surface area contributed by atoms with E-state index in [0.717, 1.165) is 35.5 Å². The molecule has 1 amide bonds. The summed E-state index contributed by atoms with van der Waals surface area (Å²) in [6, 6.07) is 6.32. The maximum absolute atomic E-state index is 12.9. The lowest BCUT2D eigenvalue weighted by molar-refractivity contribution is -0.121. The molecule has 1 N–H and O–H groups in total. The van der Waals surface area contributed by atoms with Crippen LogP contribution in [-0.4, -0.2) is 17.4 Å². The quantitative estimate of drug-likeness (QED) is 0.845. The van der Waals surface area contributed by atoms with Crippen LogP contribution in [0.15, 0.2) is 29.6 Å². The molecule has 0 fully saturated rings. The number of aromatic nitrogens is 1. The van der Waals surface area contributed by atoms with Gasteiger partial charge in [0.25, 0.3) is 0 Å². The van der Waals surface area contributed by atoms with Crippen molar-refractivity contribution in [3.8, 4) is 10.6 Å². The van der Waals surface area contributed by atoms with E-state index in [0.29, 0.717) is 13.0 Å². The summed E-state index contributed by atoms with van der Waals surface area (Å²) in [5, 5.41) is 5.76. The summed E-state index contributed by atoms with van der Waals surface area (Å²) in [4.78, 5) is 16.0. The molecule has 0 saturated heterocycles. The van der Waals surface area contributed by atoms with Gasteiger partial charge in [0.15, 0.2) is 0 Å².